The summed E-state index contributed by atoms with van der Waals surface area (Å²) in [6, 6.07) is 32.4. The Morgan fingerprint density at radius 2 is 1.40 bits per heavy atom. The van der Waals surface area contributed by atoms with Crippen molar-refractivity contribution in [2.45, 2.75) is 18.9 Å². The maximum absolute atomic E-state index is 6.14. The second-order valence-corrected chi connectivity index (χ2v) is 9.75. The molecule has 0 aromatic heterocycles. The zero-order valence-corrected chi connectivity index (χ0v) is 17.7. The molecule has 1 aliphatic carbocycles. The molecule has 0 saturated carbocycles. The summed E-state index contributed by atoms with van der Waals surface area (Å²) in [7, 11) is -0.638. The predicted molar refractivity (Wildman–Crippen MR) is 127 cm³/mol. The van der Waals surface area contributed by atoms with Crippen molar-refractivity contribution in [1.82, 2.24) is 0 Å². The van der Waals surface area contributed by atoms with Crippen LogP contribution in [0.4, 0.5) is 0 Å². The molecule has 0 bridgehead atoms. The van der Waals surface area contributed by atoms with Gasteiger partial charge in [0, 0.05) is 5.57 Å². The molecule has 0 spiro atoms. The van der Waals surface area contributed by atoms with E-state index in [-0.39, 0.29) is 6.04 Å². The van der Waals surface area contributed by atoms with Crippen LogP contribution in [0.3, 0.4) is 0 Å². The van der Waals surface area contributed by atoms with Crippen molar-refractivity contribution in [2.24, 2.45) is 4.99 Å². The molecule has 3 aromatic carbocycles. The van der Waals surface area contributed by atoms with Crippen molar-refractivity contribution in [3.05, 3.63) is 120 Å². The van der Waals surface area contributed by atoms with E-state index in [1.807, 2.05) is 0 Å². The van der Waals surface area contributed by atoms with Crippen LogP contribution < -0.4 is 10.6 Å². The van der Waals surface area contributed by atoms with Gasteiger partial charge in [-0.3, -0.25) is 0 Å². The van der Waals surface area contributed by atoms with E-state index in [4.69, 9.17) is 9.73 Å². The van der Waals surface area contributed by atoms with Crippen LogP contribution in [0.15, 0.2) is 119 Å². The molecular formula is C27H24NOP. The molecule has 0 amide bonds. The largest absolute Gasteiger partial charge is 0.475 e. The standard InChI is InChI=1S/C27H24NOP/c1-4-11-21(12-5-1)19-22-20-29-27(28-22)25-17-10-18-26(25)30(23-13-6-2-7-14-23)24-15-8-3-9-16-24/h1-16,18,22H,17,19-20H2/t22-/m0/s1. The summed E-state index contributed by atoms with van der Waals surface area (Å²) in [6.45, 7) is 0.662. The Morgan fingerprint density at radius 1 is 0.800 bits per heavy atom. The van der Waals surface area contributed by atoms with Gasteiger partial charge in [-0.15, -0.1) is 0 Å². The second-order valence-electron chi connectivity index (χ2n) is 7.57. The second kappa shape index (κ2) is 8.81. The van der Waals surface area contributed by atoms with Crippen LogP contribution in [0.1, 0.15) is 12.0 Å². The zero-order chi connectivity index (χ0) is 20.2. The van der Waals surface area contributed by atoms with E-state index in [0.717, 1.165) is 18.7 Å². The van der Waals surface area contributed by atoms with E-state index in [1.165, 1.54) is 27.1 Å². The van der Waals surface area contributed by atoms with E-state index >= 15 is 0 Å². The minimum absolute atomic E-state index is 0.191. The number of benzene rings is 3. The minimum atomic E-state index is -0.638. The fourth-order valence-corrected chi connectivity index (χ4v) is 6.56. The van der Waals surface area contributed by atoms with E-state index in [2.05, 4.69) is 103 Å². The van der Waals surface area contributed by atoms with Gasteiger partial charge < -0.3 is 4.74 Å². The topological polar surface area (TPSA) is 21.6 Å². The van der Waals surface area contributed by atoms with Crippen LogP contribution in [-0.4, -0.2) is 18.5 Å². The highest BCUT2D eigenvalue weighted by atomic mass is 31.1. The molecule has 2 aliphatic rings. The van der Waals surface area contributed by atoms with Crippen LogP contribution in [0.2, 0.25) is 0 Å². The van der Waals surface area contributed by atoms with Crippen LogP contribution in [0.25, 0.3) is 0 Å². The lowest BCUT2D eigenvalue weighted by Gasteiger charge is -2.21. The Morgan fingerprint density at radius 3 is 2.03 bits per heavy atom. The van der Waals surface area contributed by atoms with Gasteiger partial charge in [0.2, 0.25) is 5.90 Å². The lowest BCUT2D eigenvalue weighted by molar-refractivity contribution is 0.316. The van der Waals surface area contributed by atoms with Crippen molar-refractivity contribution in [1.29, 1.82) is 0 Å². The first-order valence-electron chi connectivity index (χ1n) is 10.4. The van der Waals surface area contributed by atoms with Crippen LogP contribution in [0.5, 0.6) is 0 Å². The SMILES string of the molecule is C1=CC(P(c2ccccc2)c2ccccc2)=C(C2=N[C@@H](Cc3ccccc3)CO2)C1. The molecule has 1 atom stereocenters. The highest BCUT2D eigenvalue weighted by Crippen LogP contribution is 2.48. The van der Waals surface area contributed by atoms with Crippen LogP contribution in [0, 0.1) is 0 Å². The lowest BCUT2D eigenvalue weighted by atomic mass is 10.1. The first kappa shape index (κ1) is 19.0. The van der Waals surface area contributed by atoms with Crippen molar-refractivity contribution in [2.75, 3.05) is 6.61 Å². The van der Waals surface area contributed by atoms with Gasteiger partial charge in [0.1, 0.15) is 6.61 Å². The smallest absolute Gasteiger partial charge is 0.213 e. The molecule has 0 unspecified atom stereocenters. The summed E-state index contributed by atoms with van der Waals surface area (Å²) >= 11 is 0. The van der Waals surface area contributed by atoms with Gasteiger partial charge in [0.25, 0.3) is 0 Å². The Balaban J connectivity index is 1.50. The first-order chi connectivity index (χ1) is 14.9. The zero-order valence-electron chi connectivity index (χ0n) is 16.8. The van der Waals surface area contributed by atoms with Crippen LogP contribution in [-0.2, 0) is 11.2 Å². The maximum Gasteiger partial charge on any atom is 0.213 e. The number of rotatable bonds is 6. The Bertz CT molecular complexity index is 1050. The lowest BCUT2D eigenvalue weighted by Crippen LogP contribution is -2.14. The van der Waals surface area contributed by atoms with Crippen LogP contribution >= 0.6 is 7.92 Å². The number of hydrogen-bond acceptors (Lipinski definition) is 2. The molecule has 0 fully saturated rings. The Kier molecular flexibility index (Phi) is 5.59. The molecule has 0 saturated heterocycles. The van der Waals surface area contributed by atoms with Crippen molar-refractivity contribution in [3.63, 3.8) is 0 Å². The van der Waals surface area contributed by atoms with Gasteiger partial charge in [-0.25, -0.2) is 4.99 Å². The van der Waals surface area contributed by atoms with Gasteiger partial charge in [-0.2, -0.15) is 0 Å². The number of ether oxygens (including phenoxy) is 1. The number of hydrogen-bond donors (Lipinski definition) is 0. The summed E-state index contributed by atoms with van der Waals surface area (Å²) < 4.78 is 6.14. The normalized spacial score (nSPS) is 18.0. The van der Waals surface area contributed by atoms with Crippen molar-refractivity contribution in [3.8, 4) is 0 Å². The average molecular weight is 409 g/mol. The molecule has 1 heterocycles. The fraction of sp³-hybridized carbons (Fsp3) is 0.148. The summed E-state index contributed by atoms with van der Waals surface area (Å²) in [5.41, 5.74) is 2.56. The quantitative estimate of drug-likeness (QED) is 0.502. The van der Waals surface area contributed by atoms with Gasteiger partial charge in [-0.1, -0.05) is 103 Å². The van der Waals surface area contributed by atoms with E-state index in [9.17, 15) is 0 Å². The Hall–Kier alpha value is -2.96. The third-order valence-corrected chi connectivity index (χ3v) is 7.99. The molecular weight excluding hydrogens is 385 g/mol. The van der Waals surface area contributed by atoms with Gasteiger partial charge in [0.05, 0.1) is 6.04 Å². The average Bonchev–Trinajstić information content (AvgIpc) is 3.46. The third kappa shape index (κ3) is 4.01. The van der Waals surface area contributed by atoms with Gasteiger partial charge in [-0.05, 0) is 42.2 Å². The summed E-state index contributed by atoms with van der Waals surface area (Å²) in [4.78, 5) is 4.99. The summed E-state index contributed by atoms with van der Waals surface area (Å²) in [6.07, 6.45) is 6.36. The molecule has 0 N–H and O–H groups in total. The van der Waals surface area contributed by atoms with Crippen molar-refractivity contribution < 1.29 is 4.74 Å². The number of allylic oxidation sites excluding steroid dienone is 3. The maximum atomic E-state index is 6.14. The number of nitrogens with zero attached hydrogens (tertiary/aromatic N) is 1. The molecule has 0 radical (unpaired) electrons. The van der Waals surface area contributed by atoms with E-state index < -0.39 is 7.92 Å². The van der Waals surface area contributed by atoms with Gasteiger partial charge in [0.15, 0.2) is 0 Å². The molecule has 148 valence electrons. The molecule has 30 heavy (non-hydrogen) atoms. The molecule has 5 rings (SSSR count). The first-order valence-corrected chi connectivity index (χ1v) is 11.8. The Labute approximate surface area is 179 Å². The van der Waals surface area contributed by atoms with Crippen molar-refractivity contribution >= 4 is 24.4 Å². The van der Waals surface area contributed by atoms with E-state index in [0.29, 0.717) is 6.61 Å². The molecule has 1 aliphatic heterocycles. The molecule has 3 heteroatoms. The highest BCUT2D eigenvalue weighted by Gasteiger charge is 2.29. The predicted octanol–water partition coefficient (Wildman–Crippen LogP) is 5.37. The molecule has 2 nitrogen and oxygen atoms in total. The fourth-order valence-electron chi connectivity index (χ4n) is 4.05. The molecule has 3 aromatic rings. The number of aliphatic imine (C=N–C) groups is 1. The van der Waals surface area contributed by atoms with E-state index in [1.54, 1.807) is 0 Å². The summed E-state index contributed by atoms with van der Waals surface area (Å²) in [5, 5.41) is 4.08. The van der Waals surface area contributed by atoms with Gasteiger partial charge >= 0.3 is 0 Å². The summed E-state index contributed by atoms with van der Waals surface area (Å²) in [5.74, 6) is 0.843. The third-order valence-electron chi connectivity index (χ3n) is 5.46. The highest BCUT2D eigenvalue weighted by molar-refractivity contribution is 7.77. The minimum Gasteiger partial charge on any atom is -0.475 e. The monoisotopic (exact) mass is 409 g/mol.